The maximum atomic E-state index is 13.3. The quantitative estimate of drug-likeness (QED) is 0.0372. The van der Waals surface area contributed by atoms with Crippen LogP contribution in [0.5, 0.6) is 0 Å². The molecule has 21 aliphatic rings. The predicted octanol–water partition coefficient (Wildman–Crippen LogP) is 24.7. The number of hydrogen-bond acceptors (Lipinski definition) is 16. The van der Waals surface area contributed by atoms with Gasteiger partial charge in [0.05, 0.1) is 41.3 Å². The van der Waals surface area contributed by atoms with Crippen LogP contribution >= 0.6 is 0 Å². The largest absolute Gasteiger partial charge is 0.465 e. The van der Waals surface area contributed by atoms with Crippen molar-refractivity contribution in [1.82, 2.24) is 0 Å². The first-order chi connectivity index (χ1) is 58.1. The van der Waals surface area contributed by atoms with Crippen LogP contribution in [0.4, 0.5) is 0 Å². The number of fused-ring (bicyclic) bond motifs is 2. The lowest BCUT2D eigenvalue weighted by Gasteiger charge is -2.66. The van der Waals surface area contributed by atoms with Crippen LogP contribution in [-0.4, -0.2) is 96.6 Å². The number of carbonyl (C=O) groups excluding carboxylic acids is 8. The Morgan fingerprint density at radius 3 is 0.976 bits per heavy atom. The molecular weight excluding hydrogens is 1540 g/mol. The van der Waals surface area contributed by atoms with Gasteiger partial charge in [-0.1, -0.05) is 114 Å². The van der Waals surface area contributed by atoms with Crippen LogP contribution in [0.2, 0.25) is 0 Å². The van der Waals surface area contributed by atoms with Gasteiger partial charge in [-0.05, 0) is 367 Å². The molecular formula is C107H172O16. The molecule has 13 unspecified atom stereocenters. The summed E-state index contributed by atoms with van der Waals surface area (Å²) in [5.41, 5.74) is -1.03. The molecule has 21 saturated carbocycles. The molecule has 0 amide bonds. The molecule has 0 aromatic carbocycles. The minimum atomic E-state index is -0.557. The number of carbonyl (C=O) groups is 8. The van der Waals surface area contributed by atoms with E-state index in [2.05, 4.69) is 34.6 Å². The average molecular weight is 1710 g/mol. The molecule has 18 bridgehead atoms. The molecule has 13 atom stereocenters. The van der Waals surface area contributed by atoms with Gasteiger partial charge in [0.15, 0.2) is 6.61 Å². The van der Waals surface area contributed by atoms with Crippen molar-refractivity contribution in [3.8, 4) is 0 Å². The average Bonchev–Trinajstić information content (AvgIpc) is 1.28. The van der Waals surface area contributed by atoms with E-state index in [4.69, 9.17) is 37.9 Å². The number of rotatable bonds is 30. The topological polar surface area (TPSA) is 210 Å². The smallest absolute Gasteiger partial charge is 0.344 e. The monoisotopic (exact) mass is 1710 g/mol. The molecule has 123 heavy (non-hydrogen) atoms. The Bertz CT molecular complexity index is 3640. The third-order valence-electron chi connectivity index (χ3n) is 38.8. The highest BCUT2D eigenvalue weighted by Gasteiger charge is 2.71. The summed E-state index contributed by atoms with van der Waals surface area (Å²) in [6, 6.07) is 0. The zero-order valence-corrected chi connectivity index (χ0v) is 80.6. The first-order valence-corrected chi connectivity index (χ1v) is 51.7. The van der Waals surface area contributed by atoms with Gasteiger partial charge < -0.3 is 37.9 Å². The summed E-state index contributed by atoms with van der Waals surface area (Å²) in [5.74, 6) is 10.8. The van der Waals surface area contributed by atoms with E-state index in [0.29, 0.717) is 132 Å². The summed E-state index contributed by atoms with van der Waals surface area (Å²) >= 11 is 0. The third-order valence-corrected chi connectivity index (χ3v) is 38.8. The van der Waals surface area contributed by atoms with Gasteiger partial charge >= 0.3 is 47.8 Å². The first kappa shape index (κ1) is 94.9. The molecule has 0 aliphatic heterocycles. The zero-order valence-electron chi connectivity index (χ0n) is 80.6. The molecule has 21 aliphatic carbocycles. The Kier molecular flexibility index (Phi) is 28.7. The molecule has 21 fully saturated rings. The fourth-order valence-corrected chi connectivity index (χ4v) is 32.3. The van der Waals surface area contributed by atoms with E-state index in [9.17, 15) is 38.4 Å². The Hall–Kier alpha value is -4.24. The van der Waals surface area contributed by atoms with Crippen molar-refractivity contribution in [2.24, 2.45) is 156 Å². The lowest BCUT2D eigenvalue weighted by atomic mass is 9.42. The van der Waals surface area contributed by atoms with E-state index >= 15 is 0 Å². The van der Waals surface area contributed by atoms with Crippen LogP contribution in [0, 0.1) is 156 Å². The van der Waals surface area contributed by atoms with E-state index in [-0.39, 0.29) is 89.8 Å². The van der Waals surface area contributed by atoms with Gasteiger partial charge in [-0.15, -0.1) is 0 Å². The summed E-state index contributed by atoms with van der Waals surface area (Å²) in [7, 11) is 0. The molecule has 16 heteroatoms. The lowest BCUT2D eigenvalue weighted by Crippen LogP contribution is -2.66. The van der Waals surface area contributed by atoms with Gasteiger partial charge in [-0.25, -0.2) is 4.79 Å². The van der Waals surface area contributed by atoms with Gasteiger partial charge in [0.1, 0.15) is 29.0 Å². The Morgan fingerprint density at radius 2 is 0.610 bits per heavy atom. The highest BCUT2D eigenvalue weighted by Crippen LogP contribution is 2.73. The van der Waals surface area contributed by atoms with Crippen LogP contribution < -0.4 is 0 Å². The number of ether oxygens (including phenoxy) is 8. The van der Waals surface area contributed by atoms with Crippen molar-refractivity contribution in [3.05, 3.63) is 0 Å². The molecule has 0 heterocycles. The minimum Gasteiger partial charge on any atom is -0.465 e. The second-order valence-electron chi connectivity index (χ2n) is 49.7. The van der Waals surface area contributed by atoms with E-state index < -0.39 is 21.7 Å². The van der Waals surface area contributed by atoms with Gasteiger partial charge in [0, 0.05) is 66.1 Å². The third kappa shape index (κ3) is 19.6. The number of esters is 8. The molecule has 0 N–H and O–H groups in total. The molecule has 696 valence electrons. The van der Waals surface area contributed by atoms with E-state index in [1.807, 2.05) is 83.1 Å². The van der Waals surface area contributed by atoms with Crippen molar-refractivity contribution in [2.45, 2.75) is 442 Å². The summed E-state index contributed by atoms with van der Waals surface area (Å²) in [5, 5.41) is 0. The van der Waals surface area contributed by atoms with Crippen LogP contribution in [-0.2, 0) is 76.3 Å². The SMILES string of the molecule is CCC(C)(C)C(=O)OCC(=O)OC1(C2CCCCC2)C2CC3CC1CC(C)(C3)C2.CCC(C)(C)C(=O)OCCC(=O)OC1(C2CCCC2)C2CC3CC1CC(C)(C3)C2.CCC(C)(C)C(=O)OCCCC(=O)OC1(C2CCCC(C)C2)C2CC3CC1CC(C)(C3)C2.CCC(C)(C)C(=O)OCCCCC(=O)OC1(C2CC3CCC2C3)C2CC3CC1CC(C)(C3)C2. The Balaban J connectivity index is 0.000000134. The van der Waals surface area contributed by atoms with Gasteiger partial charge in [-0.3, -0.25) is 33.6 Å². The van der Waals surface area contributed by atoms with Crippen molar-refractivity contribution in [2.75, 3.05) is 26.4 Å². The fraction of sp³-hybridized carbons (Fsp3) is 0.925. The fourth-order valence-electron chi connectivity index (χ4n) is 32.3. The maximum Gasteiger partial charge on any atom is 0.344 e. The summed E-state index contributed by atoms with van der Waals surface area (Å²) in [4.78, 5) is 101. The van der Waals surface area contributed by atoms with E-state index in [1.165, 1.54) is 238 Å². The van der Waals surface area contributed by atoms with Gasteiger partial charge in [-0.2, -0.15) is 0 Å². The van der Waals surface area contributed by atoms with Crippen molar-refractivity contribution in [1.29, 1.82) is 0 Å². The molecule has 0 radical (unpaired) electrons. The second kappa shape index (κ2) is 37.2. The normalized spacial score (nSPS) is 40.7. The molecule has 16 nitrogen and oxygen atoms in total. The van der Waals surface area contributed by atoms with Crippen molar-refractivity contribution < 1.29 is 76.3 Å². The van der Waals surface area contributed by atoms with Crippen molar-refractivity contribution in [3.63, 3.8) is 0 Å². The molecule has 21 rings (SSSR count). The maximum absolute atomic E-state index is 13.3. The highest BCUT2D eigenvalue weighted by atomic mass is 16.6. The lowest BCUT2D eigenvalue weighted by molar-refractivity contribution is -0.248. The zero-order chi connectivity index (χ0) is 88.3. The Labute approximate surface area is 744 Å². The number of unbranched alkanes of at least 4 members (excludes halogenated alkanes) is 1. The van der Waals surface area contributed by atoms with E-state index in [1.54, 1.807) is 0 Å². The number of hydrogen-bond donors (Lipinski definition) is 0. The van der Waals surface area contributed by atoms with Crippen LogP contribution in [0.1, 0.15) is 419 Å². The summed E-state index contributed by atoms with van der Waals surface area (Å²) in [6.45, 7) is 36.0. The van der Waals surface area contributed by atoms with Crippen LogP contribution in [0.15, 0.2) is 0 Å². The van der Waals surface area contributed by atoms with Crippen LogP contribution in [0.3, 0.4) is 0 Å². The summed E-state index contributed by atoms with van der Waals surface area (Å²) < 4.78 is 48.1. The first-order valence-electron chi connectivity index (χ1n) is 51.7. The van der Waals surface area contributed by atoms with Crippen molar-refractivity contribution >= 4 is 47.8 Å². The van der Waals surface area contributed by atoms with Crippen LogP contribution in [0.25, 0.3) is 0 Å². The van der Waals surface area contributed by atoms with Gasteiger partial charge in [0.2, 0.25) is 0 Å². The highest BCUT2D eigenvalue weighted by molar-refractivity contribution is 5.80. The molecule has 0 aromatic rings. The standard InChI is InChI=1S/C29H46O4.C28H46O4.2C25H40O4/c1-5-27(2,3)26(31)32-11-7-6-8-25(30)33-29(24-15-19-9-10-21(24)12-19)22-13-20-14-23(29)18-28(4,16-20)17-22;1-6-26(3,4)25(30)31-12-8-11-24(29)32-28(21-10-7-9-19(2)13-21)22-14-20-15-23(28)18-27(5,16-20)17-22;1-5-23(2,3)22(27)28-11-10-21(26)29-25(18-8-6-7-9-18)19-12-17-13-20(25)16-24(4,14-17)15-19;1-5-23(2,3)22(27)28-16-21(26)29-25(18-9-7-6-8-10-18)19-11-17-12-20(25)15-24(4,13-17)14-19/h19-24H,5-18H2,1-4H3;19-23H,6-18H2,1-5H3;2*17-20H,5-16H2,1-4H3. The van der Waals surface area contributed by atoms with E-state index in [0.717, 1.165) is 73.5 Å². The summed E-state index contributed by atoms with van der Waals surface area (Å²) in [6.07, 6.45) is 52.9. The Morgan fingerprint density at radius 1 is 0.285 bits per heavy atom. The molecule has 0 aromatic heterocycles. The minimum absolute atomic E-state index is 0.00983. The van der Waals surface area contributed by atoms with Gasteiger partial charge in [0.25, 0.3) is 0 Å². The molecule has 0 saturated heterocycles. The second-order valence-corrected chi connectivity index (χ2v) is 49.7. The molecule has 0 spiro atoms. The predicted molar refractivity (Wildman–Crippen MR) is 478 cm³/mol.